The molecular weight excluding hydrogens is 292 g/mol. The number of hydrogen-bond acceptors (Lipinski definition) is 4. The van der Waals surface area contributed by atoms with Crippen molar-refractivity contribution in [3.63, 3.8) is 0 Å². The van der Waals surface area contributed by atoms with Crippen molar-refractivity contribution in [1.29, 1.82) is 0 Å². The van der Waals surface area contributed by atoms with Crippen LogP contribution in [0.4, 0.5) is 0 Å². The smallest absolute Gasteiger partial charge is 0.338 e. The average Bonchev–Trinajstić information content (AvgIpc) is 2.43. The fourth-order valence-corrected chi connectivity index (χ4v) is 1.61. The van der Waals surface area contributed by atoms with Crippen molar-refractivity contribution in [2.45, 2.75) is 47.8 Å². The van der Waals surface area contributed by atoms with Crippen LogP contribution in [0.2, 0.25) is 0 Å². The molecular formula is C19H28O4. The predicted octanol–water partition coefficient (Wildman–Crippen LogP) is 4.59. The van der Waals surface area contributed by atoms with E-state index in [-0.39, 0.29) is 17.6 Å². The van der Waals surface area contributed by atoms with Crippen LogP contribution in [-0.4, -0.2) is 18.9 Å². The molecule has 0 fully saturated rings. The number of hydrogen-bond donors (Lipinski definition) is 0. The summed E-state index contributed by atoms with van der Waals surface area (Å²) in [6, 6.07) is 6.91. The van der Waals surface area contributed by atoms with Gasteiger partial charge in [-0.25, -0.2) is 4.79 Å². The van der Waals surface area contributed by atoms with Gasteiger partial charge in [-0.3, -0.25) is 0 Å². The minimum absolute atomic E-state index is 0.0805. The monoisotopic (exact) mass is 320 g/mol. The molecule has 4 heteroatoms. The van der Waals surface area contributed by atoms with Crippen LogP contribution >= 0.6 is 0 Å². The molecule has 1 unspecified atom stereocenters. The molecule has 0 bridgehead atoms. The molecule has 0 aliphatic carbocycles. The fourth-order valence-electron chi connectivity index (χ4n) is 1.61. The summed E-state index contributed by atoms with van der Waals surface area (Å²) in [6.45, 7) is 16.2. The van der Waals surface area contributed by atoms with Gasteiger partial charge in [0.15, 0.2) is 0 Å². The van der Waals surface area contributed by atoms with Gasteiger partial charge in [0.1, 0.15) is 11.5 Å². The van der Waals surface area contributed by atoms with Crippen LogP contribution < -0.4 is 9.47 Å². The van der Waals surface area contributed by atoms with E-state index in [0.717, 1.165) is 0 Å². The van der Waals surface area contributed by atoms with Crippen molar-refractivity contribution in [2.24, 2.45) is 11.3 Å². The number of benzene rings is 1. The Hall–Kier alpha value is -1.81. The maximum Gasteiger partial charge on any atom is 0.338 e. The second-order valence-electron chi connectivity index (χ2n) is 7.24. The van der Waals surface area contributed by atoms with Gasteiger partial charge in [-0.05, 0) is 36.6 Å². The summed E-state index contributed by atoms with van der Waals surface area (Å²) in [5.41, 5.74) is 0.442. The highest BCUT2D eigenvalue weighted by Crippen LogP contribution is 2.23. The van der Waals surface area contributed by atoms with Crippen LogP contribution in [0, 0.1) is 11.3 Å². The zero-order valence-electron chi connectivity index (χ0n) is 15.0. The van der Waals surface area contributed by atoms with Crippen molar-refractivity contribution in [2.75, 3.05) is 6.61 Å². The minimum Gasteiger partial charge on any atom is -0.465 e. The molecule has 0 aliphatic rings. The minimum atomic E-state index is -0.438. The van der Waals surface area contributed by atoms with Crippen molar-refractivity contribution in [3.8, 4) is 11.5 Å². The van der Waals surface area contributed by atoms with Crippen molar-refractivity contribution in [1.82, 2.24) is 0 Å². The van der Waals surface area contributed by atoms with E-state index in [2.05, 4.69) is 41.2 Å². The Morgan fingerprint density at radius 1 is 1.13 bits per heavy atom. The summed E-state index contributed by atoms with van der Waals surface area (Å²) < 4.78 is 16.9. The van der Waals surface area contributed by atoms with E-state index < -0.39 is 5.97 Å². The molecule has 4 nitrogen and oxygen atoms in total. The molecule has 0 saturated heterocycles. The maximum atomic E-state index is 11.5. The molecule has 23 heavy (non-hydrogen) atoms. The normalized spacial score (nSPS) is 12.8. The lowest BCUT2D eigenvalue weighted by atomic mass is 9.98. The highest BCUT2D eigenvalue weighted by Gasteiger charge is 2.20. The Morgan fingerprint density at radius 2 is 1.65 bits per heavy atom. The Bertz CT molecular complexity index is 523. The molecule has 0 N–H and O–H groups in total. The molecule has 0 amide bonds. The van der Waals surface area contributed by atoms with E-state index in [1.807, 2.05) is 0 Å². The standard InChI is InChI=1S/C19H28O4/c1-13(2)17(20)22-15-8-10-16(11-9-15)23-18(14(3)4)21-12-19(5,6)7/h8-11,14,18H,1,12H2,2-7H3. The summed E-state index contributed by atoms with van der Waals surface area (Å²) in [4.78, 5) is 11.5. The average molecular weight is 320 g/mol. The molecule has 0 aromatic heterocycles. The van der Waals surface area contributed by atoms with Crippen LogP contribution in [0.15, 0.2) is 36.4 Å². The molecule has 0 aliphatic heterocycles. The van der Waals surface area contributed by atoms with Gasteiger partial charge in [-0.2, -0.15) is 0 Å². The van der Waals surface area contributed by atoms with Gasteiger partial charge < -0.3 is 14.2 Å². The first-order valence-electron chi connectivity index (χ1n) is 7.84. The van der Waals surface area contributed by atoms with E-state index in [1.54, 1.807) is 31.2 Å². The molecule has 0 saturated carbocycles. The molecule has 0 spiro atoms. The number of carbonyl (C=O) groups is 1. The number of carbonyl (C=O) groups excluding carboxylic acids is 1. The van der Waals surface area contributed by atoms with Crippen LogP contribution in [0.3, 0.4) is 0 Å². The number of ether oxygens (including phenoxy) is 3. The first kappa shape index (κ1) is 19.2. The summed E-state index contributed by atoms with van der Waals surface area (Å²) in [5, 5.41) is 0. The van der Waals surface area contributed by atoms with E-state index in [0.29, 0.717) is 23.7 Å². The Morgan fingerprint density at radius 3 is 2.09 bits per heavy atom. The molecule has 1 rings (SSSR count). The summed E-state index contributed by atoms with van der Waals surface area (Å²) in [7, 11) is 0. The molecule has 1 atom stereocenters. The second kappa shape index (κ2) is 8.16. The molecule has 0 radical (unpaired) electrons. The summed E-state index contributed by atoms with van der Waals surface area (Å²) in [6.07, 6.45) is -0.321. The third kappa shape index (κ3) is 7.33. The van der Waals surface area contributed by atoms with Crippen LogP contribution in [0.25, 0.3) is 0 Å². The lowest BCUT2D eigenvalue weighted by Gasteiger charge is -2.27. The van der Waals surface area contributed by atoms with E-state index in [9.17, 15) is 4.79 Å². The molecule has 0 heterocycles. The van der Waals surface area contributed by atoms with Gasteiger partial charge in [0.2, 0.25) is 6.29 Å². The van der Waals surface area contributed by atoms with Gasteiger partial charge in [0.05, 0.1) is 6.61 Å². The summed E-state index contributed by atoms with van der Waals surface area (Å²) in [5.74, 6) is 0.917. The zero-order chi connectivity index (χ0) is 17.6. The lowest BCUT2D eigenvalue weighted by molar-refractivity contribution is -0.130. The lowest BCUT2D eigenvalue weighted by Crippen LogP contribution is -2.30. The van der Waals surface area contributed by atoms with Crippen LogP contribution in [0.1, 0.15) is 41.5 Å². The third-order valence-corrected chi connectivity index (χ3v) is 2.86. The van der Waals surface area contributed by atoms with Crippen molar-refractivity contribution < 1.29 is 19.0 Å². The third-order valence-electron chi connectivity index (χ3n) is 2.86. The predicted molar refractivity (Wildman–Crippen MR) is 91.6 cm³/mol. The SMILES string of the molecule is C=C(C)C(=O)Oc1ccc(OC(OCC(C)(C)C)C(C)C)cc1. The topological polar surface area (TPSA) is 44.8 Å². The molecule has 1 aromatic carbocycles. The molecule has 1 aromatic rings. The fraction of sp³-hybridized carbons (Fsp3) is 0.526. The first-order chi connectivity index (χ1) is 10.6. The first-order valence-corrected chi connectivity index (χ1v) is 7.84. The van der Waals surface area contributed by atoms with Crippen LogP contribution in [-0.2, 0) is 9.53 Å². The van der Waals surface area contributed by atoms with Gasteiger partial charge in [0.25, 0.3) is 0 Å². The number of rotatable bonds is 7. The quantitative estimate of drug-likeness (QED) is 0.319. The molecule has 128 valence electrons. The largest absolute Gasteiger partial charge is 0.465 e. The Labute approximate surface area is 139 Å². The van der Waals surface area contributed by atoms with Crippen molar-refractivity contribution in [3.05, 3.63) is 36.4 Å². The van der Waals surface area contributed by atoms with Gasteiger partial charge in [-0.1, -0.05) is 41.2 Å². The van der Waals surface area contributed by atoms with Crippen molar-refractivity contribution >= 4 is 5.97 Å². The number of esters is 1. The highest BCUT2D eigenvalue weighted by atomic mass is 16.7. The van der Waals surface area contributed by atoms with Crippen LogP contribution in [0.5, 0.6) is 11.5 Å². The van der Waals surface area contributed by atoms with Gasteiger partial charge >= 0.3 is 5.97 Å². The van der Waals surface area contributed by atoms with E-state index in [4.69, 9.17) is 14.2 Å². The Kier molecular flexibility index (Phi) is 6.82. The van der Waals surface area contributed by atoms with Gasteiger partial charge in [0, 0.05) is 11.5 Å². The van der Waals surface area contributed by atoms with E-state index >= 15 is 0 Å². The second-order valence-corrected chi connectivity index (χ2v) is 7.24. The maximum absolute atomic E-state index is 11.5. The summed E-state index contributed by atoms with van der Waals surface area (Å²) >= 11 is 0. The zero-order valence-corrected chi connectivity index (χ0v) is 15.0. The van der Waals surface area contributed by atoms with Gasteiger partial charge in [-0.15, -0.1) is 0 Å². The Balaban J connectivity index is 2.67. The highest BCUT2D eigenvalue weighted by molar-refractivity contribution is 5.88. The van der Waals surface area contributed by atoms with E-state index in [1.165, 1.54) is 0 Å².